The van der Waals surface area contributed by atoms with Crippen molar-refractivity contribution in [2.45, 2.75) is 5.16 Å². The van der Waals surface area contributed by atoms with Gasteiger partial charge in [-0.25, -0.2) is 0 Å². The van der Waals surface area contributed by atoms with Crippen molar-refractivity contribution < 1.29 is 9.47 Å². The fourth-order valence-corrected chi connectivity index (χ4v) is 1.62. The van der Waals surface area contributed by atoms with E-state index in [2.05, 4.69) is 15.0 Å². The SMILES string of the molecule is COCCSc1nc(Cl)nc(OC)n1. The zero-order valence-electron chi connectivity index (χ0n) is 7.86. The molecule has 5 nitrogen and oxygen atoms in total. The molecule has 0 aliphatic carbocycles. The zero-order valence-corrected chi connectivity index (χ0v) is 9.43. The second-order valence-electron chi connectivity index (χ2n) is 2.21. The van der Waals surface area contributed by atoms with Gasteiger partial charge in [0.05, 0.1) is 13.7 Å². The van der Waals surface area contributed by atoms with Gasteiger partial charge in [-0.2, -0.15) is 15.0 Å². The van der Waals surface area contributed by atoms with Crippen molar-refractivity contribution in [2.75, 3.05) is 26.6 Å². The van der Waals surface area contributed by atoms with Gasteiger partial charge in [-0.15, -0.1) is 0 Å². The maximum Gasteiger partial charge on any atom is 0.321 e. The highest BCUT2D eigenvalue weighted by atomic mass is 35.5. The van der Waals surface area contributed by atoms with Crippen molar-refractivity contribution in [2.24, 2.45) is 0 Å². The van der Waals surface area contributed by atoms with E-state index < -0.39 is 0 Å². The van der Waals surface area contributed by atoms with Crippen LogP contribution in [0.4, 0.5) is 0 Å². The summed E-state index contributed by atoms with van der Waals surface area (Å²) in [5.74, 6) is 0.764. The van der Waals surface area contributed by atoms with Crippen LogP contribution in [0, 0.1) is 0 Å². The summed E-state index contributed by atoms with van der Waals surface area (Å²) in [6, 6.07) is 0.227. The van der Waals surface area contributed by atoms with E-state index in [-0.39, 0.29) is 11.3 Å². The molecule has 0 amide bonds. The summed E-state index contributed by atoms with van der Waals surface area (Å²) in [6.45, 7) is 0.635. The molecule has 0 spiro atoms. The van der Waals surface area contributed by atoms with Crippen LogP contribution >= 0.6 is 23.4 Å². The van der Waals surface area contributed by atoms with Crippen LogP contribution in [-0.4, -0.2) is 41.5 Å². The van der Waals surface area contributed by atoms with E-state index in [1.54, 1.807) is 7.11 Å². The molecule has 0 aliphatic heterocycles. The first-order valence-electron chi connectivity index (χ1n) is 3.83. The smallest absolute Gasteiger partial charge is 0.321 e. The Bertz CT molecular complexity index is 300. The maximum atomic E-state index is 5.65. The zero-order chi connectivity index (χ0) is 10.4. The summed E-state index contributed by atoms with van der Waals surface area (Å²) in [5.41, 5.74) is 0. The number of aromatic nitrogens is 3. The first-order chi connectivity index (χ1) is 6.76. The molecular weight excluding hydrogens is 226 g/mol. The van der Waals surface area contributed by atoms with Gasteiger partial charge in [-0.3, -0.25) is 0 Å². The van der Waals surface area contributed by atoms with E-state index in [1.807, 2.05) is 0 Å². The second kappa shape index (κ2) is 6.00. The maximum absolute atomic E-state index is 5.65. The average Bonchev–Trinajstić information content (AvgIpc) is 2.17. The Kier molecular flexibility index (Phi) is 4.92. The lowest BCUT2D eigenvalue weighted by atomic mass is 10.9. The van der Waals surface area contributed by atoms with Gasteiger partial charge in [0.15, 0.2) is 5.16 Å². The van der Waals surface area contributed by atoms with Crippen molar-refractivity contribution in [1.29, 1.82) is 0 Å². The quantitative estimate of drug-likeness (QED) is 0.566. The molecule has 0 unspecified atom stereocenters. The van der Waals surface area contributed by atoms with E-state index in [1.165, 1.54) is 18.9 Å². The summed E-state index contributed by atoms with van der Waals surface area (Å²) < 4.78 is 9.74. The molecule has 1 heterocycles. The molecule has 78 valence electrons. The monoisotopic (exact) mass is 235 g/mol. The predicted octanol–water partition coefficient (Wildman–Crippen LogP) is 1.27. The molecule has 0 N–H and O–H groups in total. The van der Waals surface area contributed by atoms with Gasteiger partial charge >= 0.3 is 6.01 Å². The molecule has 7 heteroatoms. The van der Waals surface area contributed by atoms with Crippen molar-refractivity contribution in [3.63, 3.8) is 0 Å². The first-order valence-corrected chi connectivity index (χ1v) is 5.20. The van der Waals surface area contributed by atoms with Crippen LogP contribution in [0.5, 0.6) is 6.01 Å². The Labute approximate surface area is 91.2 Å². The average molecular weight is 236 g/mol. The molecule has 0 aliphatic rings. The third kappa shape index (κ3) is 3.65. The molecule has 0 saturated carbocycles. The van der Waals surface area contributed by atoms with Gasteiger partial charge in [0.2, 0.25) is 5.28 Å². The molecule has 0 bridgehead atoms. The van der Waals surface area contributed by atoms with E-state index in [4.69, 9.17) is 21.1 Å². The number of thioether (sulfide) groups is 1. The topological polar surface area (TPSA) is 57.1 Å². The minimum atomic E-state index is 0.136. The summed E-state index contributed by atoms with van der Waals surface area (Å²) in [4.78, 5) is 11.7. The number of rotatable bonds is 5. The molecule has 0 aromatic carbocycles. The minimum absolute atomic E-state index is 0.136. The van der Waals surface area contributed by atoms with Crippen LogP contribution in [0.2, 0.25) is 5.28 Å². The van der Waals surface area contributed by atoms with Crippen molar-refractivity contribution in [1.82, 2.24) is 15.0 Å². The van der Waals surface area contributed by atoms with Gasteiger partial charge < -0.3 is 9.47 Å². The number of ether oxygens (including phenoxy) is 2. The summed E-state index contributed by atoms with van der Waals surface area (Å²) in [6.07, 6.45) is 0. The number of nitrogens with zero attached hydrogens (tertiary/aromatic N) is 3. The lowest BCUT2D eigenvalue weighted by molar-refractivity contribution is 0.218. The standard InChI is InChI=1S/C7H10ClN3O2S/c1-12-3-4-14-7-10-5(8)9-6(11-7)13-2/h3-4H2,1-2H3. The van der Waals surface area contributed by atoms with Crippen LogP contribution in [0.25, 0.3) is 0 Å². The van der Waals surface area contributed by atoms with Crippen LogP contribution in [0.15, 0.2) is 5.16 Å². The van der Waals surface area contributed by atoms with Crippen LogP contribution in [0.1, 0.15) is 0 Å². The normalized spacial score (nSPS) is 10.2. The van der Waals surface area contributed by atoms with Crippen LogP contribution in [-0.2, 0) is 4.74 Å². The second-order valence-corrected chi connectivity index (χ2v) is 3.62. The number of hydrogen-bond acceptors (Lipinski definition) is 6. The largest absolute Gasteiger partial charge is 0.467 e. The Balaban J connectivity index is 2.62. The molecule has 14 heavy (non-hydrogen) atoms. The molecule has 0 fully saturated rings. The van der Waals surface area contributed by atoms with Crippen molar-refractivity contribution in [3.05, 3.63) is 5.28 Å². The Morgan fingerprint density at radius 3 is 2.71 bits per heavy atom. The van der Waals surface area contributed by atoms with E-state index in [0.717, 1.165) is 5.75 Å². The van der Waals surface area contributed by atoms with Gasteiger partial charge in [0, 0.05) is 12.9 Å². The molecule has 0 atom stereocenters. The number of halogens is 1. The number of methoxy groups -OCH3 is 2. The Morgan fingerprint density at radius 2 is 2.07 bits per heavy atom. The highest BCUT2D eigenvalue weighted by molar-refractivity contribution is 7.99. The van der Waals surface area contributed by atoms with E-state index >= 15 is 0 Å². The van der Waals surface area contributed by atoms with Crippen LogP contribution in [0.3, 0.4) is 0 Å². The first kappa shape index (κ1) is 11.5. The Hall–Kier alpha value is -0.590. The molecule has 1 aromatic heterocycles. The summed E-state index contributed by atoms with van der Waals surface area (Å²) in [5, 5.41) is 0.677. The van der Waals surface area contributed by atoms with Crippen LogP contribution < -0.4 is 4.74 Å². The lowest BCUT2D eigenvalue weighted by Gasteiger charge is -2.01. The third-order valence-corrected chi connectivity index (χ3v) is 2.25. The third-order valence-electron chi connectivity index (χ3n) is 1.27. The molecule has 1 aromatic rings. The fraction of sp³-hybridized carbons (Fsp3) is 0.571. The predicted molar refractivity (Wildman–Crippen MR) is 54.0 cm³/mol. The van der Waals surface area contributed by atoms with Gasteiger partial charge in [-0.05, 0) is 11.6 Å². The number of hydrogen-bond donors (Lipinski definition) is 0. The van der Waals surface area contributed by atoms with Gasteiger partial charge in [-0.1, -0.05) is 11.8 Å². The summed E-state index contributed by atoms with van der Waals surface area (Å²) >= 11 is 7.09. The molecule has 1 rings (SSSR count). The van der Waals surface area contributed by atoms with Gasteiger partial charge in [0.25, 0.3) is 0 Å². The lowest BCUT2D eigenvalue weighted by Crippen LogP contribution is -1.99. The molecular formula is C7H10ClN3O2S. The highest BCUT2D eigenvalue weighted by Crippen LogP contribution is 2.16. The van der Waals surface area contributed by atoms with E-state index in [9.17, 15) is 0 Å². The Morgan fingerprint density at radius 1 is 1.29 bits per heavy atom. The fourth-order valence-electron chi connectivity index (χ4n) is 0.687. The summed E-state index contributed by atoms with van der Waals surface area (Å²) in [7, 11) is 3.12. The highest BCUT2D eigenvalue weighted by Gasteiger charge is 2.04. The van der Waals surface area contributed by atoms with Crippen molar-refractivity contribution >= 4 is 23.4 Å². The van der Waals surface area contributed by atoms with Gasteiger partial charge in [0.1, 0.15) is 0 Å². The minimum Gasteiger partial charge on any atom is -0.467 e. The molecule has 0 radical (unpaired) electrons. The van der Waals surface area contributed by atoms with Crippen molar-refractivity contribution in [3.8, 4) is 6.01 Å². The van der Waals surface area contributed by atoms with E-state index in [0.29, 0.717) is 11.8 Å². The molecule has 0 saturated heterocycles.